The van der Waals surface area contributed by atoms with Crippen LogP contribution in [0.2, 0.25) is 0 Å². The number of esters is 2. The topological polar surface area (TPSA) is 151 Å². The number of ketones is 1. The first-order valence-corrected chi connectivity index (χ1v) is 21.6. The van der Waals surface area contributed by atoms with Gasteiger partial charge in [-0.3, -0.25) is 23.4 Å². The average Bonchev–Trinajstić information content (AvgIpc) is 3.12. The highest BCUT2D eigenvalue weighted by Gasteiger charge is 2.25. The van der Waals surface area contributed by atoms with E-state index in [4.69, 9.17) is 24.3 Å². The van der Waals surface area contributed by atoms with Crippen LogP contribution >= 0.6 is 7.82 Å². The van der Waals surface area contributed by atoms with Gasteiger partial charge >= 0.3 is 19.8 Å². The first-order valence-electron chi connectivity index (χ1n) is 20.1. The molecule has 0 saturated heterocycles. The summed E-state index contributed by atoms with van der Waals surface area (Å²) in [6.45, 7) is 3.47. The predicted octanol–water partition coefficient (Wildman–Crippen LogP) is 10.3. The largest absolute Gasteiger partial charge is 0.472 e. The molecule has 11 heteroatoms. The average molecular weight is 754 g/mol. The molecule has 0 heterocycles. The van der Waals surface area contributed by atoms with E-state index in [0.29, 0.717) is 25.7 Å². The van der Waals surface area contributed by atoms with Crippen molar-refractivity contribution in [3.8, 4) is 0 Å². The number of carbonyl (C=O) groups excluding carboxylic acids is 3. The zero-order valence-electron chi connectivity index (χ0n) is 32.5. The lowest BCUT2D eigenvalue weighted by Gasteiger charge is -2.19. The van der Waals surface area contributed by atoms with Gasteiger partial charge in [0.2, 0.25) is 0 Å². The fourth-order valence-corrected chi connectivity index (χ4v) is 5.93. The molecule has 52 heavy (non-hydrogen) atoms. The van der Waals surface area contributed by atoms with Crippen molar-refractivity contribution in [3.63, 3.8) is 0 Å². The van der Waals surface area contributed by atoms with Crippen LogP contribution in [0.15, 0.2) is 48.6 Å². The second-order valence-electron chi connectivity index (χ2n) is 13.2. The van der Waals surface area contributed by atoms with Crippen LogP contribution in [0.3, 0.4) is 0 Å². The fraction of sp³-hybridized carbons (Fsp3) is 0.732. The molecule has 3 N–H and O–H groups in total. The lowest BCUT2D eigenvalue weighted by atomic mass is 10.0. The standard InChI is InChI=1S/C41H72NO9P/c1-3-5-7-8-9-10-11-12-15-19-22-25-29-33-41(45)51-39(37-50-52(46,47)49-35-34-42)36-48-40(44)32-28-24-21-18-16-13-14-17-20-23-27-31-38(43)30-26-6-4-2/h13-14,18,20-21,23,27,31,39H,3-12,15-17,19,22,24-26,28-30,32-37,42H2,1-2H3,(H,46,47)/b14-13-,21-18-,23-20-,31-27+/t39-/m1/s1. The van der Waals surface area contributed by atoms with E-state index < -0.39 is 32.5 Å². The first-order chi connectivity index (χ1) is 25.2. The van der Waals surface area contributed by atoms with E-state index in [-0.39, 0.29) is 38.4 Å². The molecule has 0 fully saturated rings. The monoisotopic (exact) mass is 753 g/mol. The Morgan fingerprint density at radius 2 is 1.17 bits per heavy atom. The van der Waals surface area contributed by atoms with E-state index in [1.807, 2.05) is 24.3 Å². The molecule has 0 aromatic rings. The van der Waals surface area contributed by atoms with E-state index in [1.54, 1.807) is 12.2 Å². The van der Waals surface area contributed by atoms with Crippen molar-refractivity contribution in [3.05, 3.63) is 48.6 Å². The van der Waals surface area contributed by atoms with Crippen LogP contribution in [0.4, 0.5) is 0 Å². The molecule has 0 amide bonds. The molecule has 0 radical (unpaired) electrons. The van der Waals surface area contributed by atoms with Crippen LogP contribution < -0.4 is 5.73 Å². The van der Waals surface area contributed by atoms with E-state index in [0.717, 1.165) is 51.4 Å². The number of rotatable bonds is 37. The zero-order chi connectivity index (χ0) is 38.4. The smallest absolute Gasteiger partial charge is 0.462 e. The summed E-state index contributed by atoms with van der Waals surface area (Å²) in [5, 5.41) is 0. The third kappa shape index (κ3) is 36.0. The van der Waals surface area contributed by atoms with Crippen molar-refractivity contribution in [2.75, 3.05) is 26.4 Å². The van der Waals surface area contributed by atoms with Crippen LogP contribution in [0.1, 0.15) is 162 Å². The molecule has 300 valence electrons. The number of hydrogen-bond acceptors (Lipinski definition) is 9. The summed E-state index contributed by atoms with van der Waals surface area (Å²) in [5.41, 5.74) is 5.33. The third-order valence-corrected chi connectivity index (χ3v) is 9.18. The van der Waals surface area contributed by atoms with Gasteiger partial charge in [0.25, 0.3) is 0 Å². The van der Waals surface area contributed by atoms with Gasteiger partial charge in [-0.05, 0) is 44.6 Å². The van der Waals surface area contributed by atoms with Crippen molar-refractivity contribution >= 4 is 25.5 Å². The molecule has 0 saturated carbocycles. The van der Waals surface area contributed by atoms with Gasteiger partial charge in [-0.25, -0.2) is 4.57 Å². The van der Waals surface area contributed by atoms with Crippen molar-refractivity contribution in [1.82, 2.24) is 0 Å². The molecule has 0 aliphatic rings. The summed E-state index contributed by atoms with van der Waals surface area (Å²) in [4.78, 5) is 46.4. The van der Waals surface area contributed by atoms with Gasteiger partial charge in [0.15, 0.2) is 11.9 Å². The summed E-state index contributed by atoms with van der Waals surface area (Å²) < 4.78 is 32.6. The highest BCUT2D eigenvalue weighted by atomic mass is 31.2. The summed E-state index contributed by atoms with van der Waals surface area (Å²) in [5.74, 6) is -0.761. The van der Waals surface area contributed by atoms with Crippen LogP contribution in [0, 0.1) is 0 Å². The van der Waals surface area contributed by atoms with Crippen molar-refractivity contribution in [1.29, 1.82) is 0 Å². The Hall–Kier alpha value is -2.36. The molecule has 0 bridgehead atoms. The number of unbranched alkanes of at least 4 members (excludes halogenated alkanes) is 15. The van der Waals surface area contributed by atoms with Gasteiger partial charge in [0, 0.05) is 25.8 Å². The summed E-state index contributed by atoms with van der Waals surface area (Å²) in [6, 6.07) is 0. The van der Waals surface area contributed by atoms with E-state index >= 15 is 0 Å². The van der Waals surface area contributed by atoms with Crippen LogP contribution in [0.25, 0.3) is 0 Å². The normalized spacial score (nSPS) is 13.8. The number of ether oxygens (including phenoxy) is 2. The minimum absolute atomic E-state index is 0.0365. The first kappa shape index (κ1) is 49.6. The zero-order valence-corrected chi connectivity index (χ0v) is 33.4. The Morgan fingerprint density at radius 1 is 0.635 bits per heavy atom. The van der Waals surface area contributed by atoms with Gasteiger partial charge in [-0.2, -0.15) is 0 Å². The number of allylic oxidation sites excluding steroid dienone is 8. The van der Waals surface area contributed by atoms with Crippen LogP contribution in [0.5, 0.6) is 0 Å². The molecule has 1 unspecified atom stereocenters. The minimum atomic E-state index is -4.40. The van der Waals surface area contributed by atoms with Crippen molar-refractivity contribution < 1.29 is 42.4 Å². The Kier molecular flexibility index (Phi) is 35.3. The molecule has 0 aliphatic carbocycles. The van der Waals surface area contributed by atoms with E-state index in [1.165, 1.54) is 57.8 Å². The maximum absolute atomic E-state index is 12.5. The van der Waals surface area contributed by atoms with Crippen molar-refractivity contribution in [2.24, 2.45) is 5.73 Å². The molecule has 0 rings (SSSR count). The highest BCUT2D eigenvalue weighted by molar-refractivity contribution is 7.47. The maximum atomic E-state index is 12.5. The second-order valence-corrected chi connectivity index (χ2v) is 14.6. The lowest BCUT2D eigenvalue weighted by Crippen LogP contribution is -2.29. The number of nitrogens with two attached hydrogens (primary N) is 1. The Labute approximate surface area is 315 Å². The molecule has 0 aliphatic heterocycles. The Bertz CT molecular complexity index is 1060. The molecule has 0 aromatic carbocycles. The van der Waals surface area contributed by atoms with Gasteiger partial charge < -0.3 is 20.1 Å². The van der Waals surface area contributed by atoms with Gasteiger partial charge in [0.05, 0.1) is 13.2 Å². The lowest BCUT2D eigenvalue weighted by molar-refractivity contribution is -0.161. The number of phosphoric ester groups is 1. The Morgan fingerprint density at radius 3 is 1.81 bits per heavy atom. The van der Waals surface area contributed by atoms with Crippen LogP contribution in [-0.2, 0) is 37.5 Å². The van der Waals surface area contributed by atoms with Crippen molar-refractivity contribution in [2.45, 2.75) is 168 Å². The number of phosphoric acid groups is 1. The summed E-state index contributed by atoms with van der Waals surface area (Å²) in [7, 11) is -4.40. The molecule has 2 atom stereocenters. The number of carbonyl (C=O) groups is 3. The summed E-state index contributed by atoms with van der Waals surface area (Å²) >= 11 is 0. The maximum Gasteiger partial charge on any atom is 0.472 e. The molecular weight excluding hydrogens is 681 g/mol. The Balaban J connectivity index is 4.34. The fourth-order valence-electron chi connectivity index (χ4n) is 5.17. The van der Waals surface area contributed by atoms with Crippen LogP contribution in [-0.4, -0.2) is 55.1 Å². The molecule has 10 nitrogen and oxygen atoms in total. The highest BCUT2D eigenvalue weighted by Crippen LogP contribution is 2.43. The molecule has 0 aromatic heterocycles. The second kappa shape index (κ2) is 37.0. The quantitative estimate of drug-likeness (QED) is 0.0157. The van der Waals surface area contributed by atoms with Gasteiger partial charge in [0.1, 0.15) is 6.61 Å². The molecular formula is C41H72NO9P. The summed E-state index contributed by atoms with van der Waals surface area (Å²) in [6.07, 6.45) is 37.0. The van der Waals surface area contributed by atoms with Gasteiger partial charge in [-0.1, -0.05) is 146 Å². The SMILES string of the molecule is CCCCCCCCCCCCCCCC(=O)O[C@H](COC(=O)CCC/C=C\C/C=C\C/C=C\C=C\C(=O)CCCCC)COP(=O)(O)OCCN. The van der Waals surface area contributed by atoms with E-state index in [9.17, 15) is 23.8 Å². The number of hydrogen-bond donors (Lipinski definition) is 2. The predicted molar refractivity (Wildman–Crippen MR) is 211 cm³/mol. The molecule has 0 spiro atoms. The van der Waals surface area contributed by atoms with Gasteiger partial charge in [-0.15, -0.1) is 0 Å². The van der Waals surface area contributed by atoms with E-state index in [2.05, 4.69) is 26.0 Å². The third-order valence-electron chi connectivity index (χ3n) is 8.19. The minimum Gasteiger partial charge on any atom is -0.462 e.